The Balaban J connectivity index is 4.24. The first-order valence-corrected chi connectivity index (χ1v) is 5.83. The average molecular weight is 258 g/mol. The smallest absolute Gasteiger partial charge is 0.242 e. The number of nitrogens with one attached hydrogen (secondary N) is 2. The predicted molar refractivity (Wildman–Crippen MR) is 69.6 cm³/mol. The Labute approximate surface area is 106 Å². The number of aliphatic imine (C=N–C) groups is 1. The van der Waals surface area contributed by atoms with Gasteiger partial charge >= 0.3 is 0 Å². The summed E-state index contributed by atoms with van der Waals surface area (Å²) >= 11 is 0. The Hall–Kier alpha value is -1.83. The lowest BCUT2D eigenvalue weighted by molar-refractivity contribution is -0.128. The molecule has 104 valence electrons. The molecule has 0 aliphatic carbocycles. The number of nitrogens with two attached hydrogens (primary N) is 3. The van der Waals surface area contributed by atoms with Gasteiger partial charge in [0.05, 0.1) is 6.54 Å². The van der Waals surface area contributed by atoms with Crippen LogP contribution < -0.4 is 27.8 Å². The van der Waals surface area contributed by atoms with Crippen LogP contribution in [-0.4, -0.2) is 43.5 Å². The topological polar surface area (TPSA) is 149 Å². The number of carbonyl (C=O) groups excluding carboxylic acids is 2. The largest absolute Gasteiger partial charge is 0.370 e. The highest BCUT2D eigenvalue weighted by Crippen LogP contribution is 1.98. The van der Waals surface area contributed by atoms with Gasteiger partial charge in [-0.2, -0.15) is 0 Å². The fraction of sp³-hybridized carbons (Fsp3) is 0.700. The van der Waals surface area contributed by atoms with Gasteiger partial charge in [0.2, 0.25) is 11.8 Å². The number of carbonyl (C=O) groups is 2. The molecule has 18 heavy (non-hydrogen) atoms. The van der Waals surface area contributed by atoms with Gasteiger partial charge in [-0.15, -0.1) is 0 Å². The highest BCUT2D eigenvalue weighted by molar-refractivity contribution is 5.88. The second-order valence-corrected chi connectivity index (χ2v) is 3.67. The SMILES string of the molecule is CCNC(=O)C(CCCN=C(N)N)NC(=O)CN. The Morgan fingerprint density at radius 1 is 1.33 bits per heavy atom. The molecule has 0 saturated heterocycles. The van der Waals surface area contributed by atoms with Gasteiger partial charge in [0.15, 0.2) is 5.96 Å². The van der Waals surface area contributed by atoms with Gasteiger partial charge in [0, 0.05) is 13.1 Å². The van der Waals surface area contributed by atoms with Crippen LogP contribution in [0.15, 0.2) is 4.99 Å². The first kappa shape index (κ1) is 16.2. The molecule has 8 nitrogen and oxygen atoms in total. The molecule has 0 spiro atoms. The fourth-order valence-electron chi connectivity index (χ4n) is 1.32. The first-order chi connectivity index (χ1) is 8.51. The fourth-order valence-corrected chi connectivity index (χ4v) is 1.32. The first-order valence-electron chi connectivity index (χ1n) is 5.83. The highest BCUT2D eigenvalue weighted by Gasteiger charge is 2.18. The van der Waals surface area contributed by atoms with Gasteiger partial charge in [0.25, 0.3) is 0 Å². The third kappa shape index (κ3) is 7.44. The van der Waals surface area contributed by atoms with E-state index in [0.29, 0.717) is 25.9 Å². The van der Waals surface area contributed by atoms with Crippen LogP contribution in [0.2, 0.25) is 0 Å². The molecule has 0 aliphatic heterocycles. The number of likely N-dealkylation sites (N-methyl/N-ethyl adjacent to an activating group) is 1. The maximum atomic E-state index is 11.7. The molecule has 2 amide bonds. The monoisotopic (exact) mass is 258 g/mol. The van der Waals surface area contributed by atoms with E-state index in [-0.39, 0.29) is 24.3 Å². The van der Waals surface area contributed by atoms with E-state index in [4.69, 9.17) is 17.2 Å². The summed E-state index contributed by atoms with van der Waals surface area (Å²) in [5.74, 6) is -0.590. The molecule has 0 bridgehead atoms. The van der Waals surface area contributed by atoms with Gasteiger partial charge in [-0.05, 0) is 19.8 Å². The minimum atomic E-state index is -0.602. The quantitative estimate of drug-likeness (QED) is 0.187. The van der Waals surface area contributed by atoms with Crippen molar-refractivity contribution in [1.82, 2.24) is 10.6 Å². The van der Waals surface area contributed by atoms with Gasteiger partial charge in [-0.25, -0.2) is 0 Å². The van der Waals surface area contributed by atoms with Crippen LogP contribution in [0.25, 0.3) is 0 Å². The molecule has 0 fully saturated rings. The second-order valence-electron chi connectivity index (χ2n) is 3.67. The van der Waals surface area contributed by atoms with Crippen LogP contribution in [0, 0.1) is 0 Å². The summed E-state index contributed by atoms with van der Waals surface area (Å²) in [6, 6.07) is -0.602. The Kier molecular flexibility index (Phi) is 8.29. The minimum absolute atomic E-state index is 0.00977. The van der Waals surface area contributed by atoms with Crippen LogP contribution in [0.4, 0.5) is 0 Å². The van der Waals surface area contributed by atoms with Gasteiger partial charge in [-0.1, -0.05) is 0 Å². The van der Waals surface area contributed by atoms with E-state index < -0.39 is 6.04 Å². The number of hydrogen-bond acceptors (Lipinski definition) is 4. The number of amides is 2. The summed E-state index contributed by atoms with van der Waals surface area (Å²) in [4.78, 5) is 26.7. The van der Waals surface area contributed by atoms with Gasteiger partial charge < -0.3 is 27.8 Å². The van der Waals surface area contributed by atoms with E-state index in [1.54, 1.807) is 6.92 Å². The third-order valence-corrected chi connectivity index (χ3v) is 2.13. The molecule has 0 aromatic rings. The maximum Gasteiger partial charge on any atom is 0.242 e. The molecule has 0 aliphatic rings. The zero-order valence-electron chi connectivity index (χ0n) is 10.6. The van der Waals surface area contributed by atoms with Crippen molar-refractivity contribution >= 4 is 17.8 Å². The Bertz CT molecular complexity index is 301. The normalized spacial score (nSPS) is 11.4. The lowest BCUT2D eigenvalue weighted by Gasteiger charge is -2.17. The Morgan fingerprint density at radius 2 is 2.00 bits per heavy atom. The van der Waals surface area contributed by atoms with Gasteiger partial charge in [0.1, 0.15) is 6.04 Å². The number of rotatable bonds is 8. The predicted octanol–water partition coefficient (Wildman–Crippen LogP) is -2.38. The van der Waals surface area contributed by atoms with Gasteiger partial charge in [-0.3, -0.25) is 14.6 Å². The van der Waals surface area contributed by atoms with Crippen molar-refractivity contribution in [2.24, 2.45) is 22.2 Å². The van der Waals surface area contributed by atoms with Crippen LogP contribution in [0.1, 0.15) is 19.8 Å². The molecule has 0 aromatic carbocycles. The average Bonchev–Trinajstić information content (AvgIpc) is 2.32. The maximum absolute atomic E-state index is 11.7. The molecule has 0 aromatic heterocycles. The molecule has 0 rings (SSSR count). The molecule has 1 unspecified atom stereocenters. The van der Waals surface area contributed by atoms with Crippen LogP contribution in [0.5, 0.6) is 0 Å². The molecular formula is C10H22N6O2. The number of hydrogen-bond donors (Lipinski definition) is 5. The lowest BCUT2D eigenvalue weighted by atomic mass is 10.1. The second kappa shape index (κ2) is 9.23. The zero-order valence-corrected chi connectivity index (χ0v) is 10.6. The van der Waals surface area contributed by atoms with Crippen LogP contribution in [-0.2, 0) is 9.59 Å². The van der Waals surface area contributed by atoms with Crippen LogP contribution >= 0.6 is 0 Å². The minimum Gasteiger partial charge on any atom is -0.370 e. The zero-order chi connectivity index (χ0) is 14.0. The third-order valence-electron chi connectivity index (χ3n) is 2.13. The van der Waals surface area contributed by atoms with Crippen LogP contribution in [0.3, 0.4) is 0 Å². The molecule has 0 heterocycles. The summed E-state index contributed by atoms with van der Waals surface area (Å²) < 4.78 is 0. The standard InChI is InChI=1S/C10H22N6O2/c1-2-14-9(18)7(16-8(17)6-11)4-3-5-15-10(12)13/h7H,2-6,11H2,1H3,(H,14,18)(H,16,17)(H4,12,13,15). The van der Waals surface area contributed by atoms with Crippen molar-refractivity contribution in [3.05, 3.63) is 0 Å². The van der Waals surface area contributed by atoms with Crippen molar-refractivity contribution in [3.8, 4) is 0 Å². The number of nitrogens with zero attached hydrogens (tertiary/aromatic N) is 1. The van der Waals surface area contributed by atoms with Crippen molar-refractivity contribution in [1.29, 1.82) is 0 Å². The molecule has 0 saturated carbocycles. The Morgan fingerprint density at radius 3 is 2.50 bits per heavy atom. The van der Waals surface area contributed by atoms with E-state index in [1.165, 1.54) is 0 Å². The lowest BCUT2D eigenvalue weighted by Crippen LogP contribution is -2.48. The van der Waals surface area contributed by atoms with E-state index in [0.717, 1.165) is 0 Å². The number of guanidine groups is 1. The van der Waals surface area contributed by atoms with Crippen molar-refractivity contribution in [3.63, 3.8) is 0 Å². The van der Waals surface area contributed by atoms with E-state index in [9.17, 15) is 9.59 Å². The van der Waals surface area contributed by atoms with E-state index >= 15 is 0 Å². The molecule has 0 radical (unpaired) electrons. The highest BCUT2D eigenvalue weighted by atomic mass is 16.2. The molecule has 1 atom stereocenters. The van der Waals surface area contributed by atoms with Crippen molar-refractivity contribution in [2.45, 2.75) is 25.8 Å². The van der Waals surface area contributed by atoms with Crippen molar-refractivity contribution < 1.29 is 9.59 Å². The molecule has 8 heteroatoms. The van der Waals surface area contributed by atoms with Crippen molar-refractivity contribution in [2.75, 3.05) is 19.6 Å². The van der Waals surface area contributed by atoms with E-state index in [2.05, 4.69) is 15.6 Å². The summed E-state index contributed by atoms with van der Waals surface area (Å²) in [6.07, 6.45) is 1.04. The summed E-state index contributed by atoms with van der Waals surface area (Å²) in [7, 11) is 0. The summed E-state index contributed by atoms with van der Waals surface area (Å²) in [5, 5.41) is 5.20. The van der Waals surface area contributed by atoms with E-state index in [1.807, 2.05) is 0 Å². The summed E-state index contributed by atoms with van der Waals surface area (Å²) in [5.41, 5.74) is 15.6. The summed E-state index contributed by atoms with van der Waals surface area (Å²) in [6.45, 7) is 2.57. The molecule has 8 N–H and O–H groups in total. The molecular weight excluding hydrogens is 236 g/mol.